The maximum Gasteiger partial charge on any atom is 0.173 e. The lowest BCUT2D eigenvalue weighted by Crippen LogP contribution is -2.03. The molecule has 1 aromatic rings. The van der Waals surface area contributed by atoms with Gasteiger partial charge in [-0.05, 0) is 26.0 Å². The van der Waals surface area contributed by atoms with Gasteiger partial charge in [-0.3, -0.25) is 4.79 Å². The molecule has 1 aromatic carbocycles. The summed E-state index contributed by atoms with van der Waals surface area (Å²) in [6, 6.07) is 3.30. The van der Waals surface area contributed by atoms with E-state index in [1.807, 2.05) is 6.92 Å². The van der Waals surface area contributed by atoms with Gasteiger partial charge < -0.3 is 9.47 Å². The van der Waals surface area contributed by atoms with Gasteiger partial charge in [0.05, 0.1) is 24.3 Å². The first-order valence-corrected chi connectivity index (χ1v) is 4.99. The maximum absolute atomic E-state index is 11.4. The minimum Gasteiger partial charge on any atom is -0.493 e. The summed E-state index contributed by atoms with van der Waals surface area (Å²) >= 11 is 5.93. The molecular weight excluding hydrogens is 216 g/mol. The van der Waals surface area contributed by atoms with Crippen molar-refractivity contribution in [3.63, 3.8) is 0 Å². The van der Waals surface area contributed by atoms with Crippen LogP contribution in [-0.4, -0.2) is 19.5 Å². The fraction of sp³-hybridized carbons (Fsp3) is 0.364. The van der Waals surface area contributed by atoms with Crippen LogP contribution in [0.1, 0.15) is 24.2 Å². The molecule has 4 heteroatoms. The number of ketones is 1. The highest BCUT2D eigenvalue weighted by molar-refractivity contribution is 6.34. The van der Waals surface area contributed by atoms with E-state index in [1.165, 1.54) is 14.0 Å². The van der Waals surface area contributed by atoms with Crippen LogP contribution in [0, 0.1) is 0 Å². The highest BCUT2D eigenvalue weighted by atomic mass is 35.5. The van der Waals surface area contributed by atoms with E-state index >= 15 is 0 Å². The second-order valence-corrected chi connectivity index (χ2v) is 3.35. The molecular formula is C11H13ClO3. The average Bonchev–Trinajstić information content (AvgIpc) is 2.18. The molecule has 0 saturated carbocycles. The molecule has 0 radical (unpaired) electrons. The monoisotopic (exact) mass is 228 g/mol. The summed E-state index contributed by atoms with van der Waals surface area (Å²) < 4.78 is 10.5. The number of rotatable bonds is 4. The minimum absolute atomic E-state index is 0.137. The first kappa shape index (κ1) is 11.9. The lowest BCUT2D eigenvalue weighted by Gasteiger charge is -2.13. The van der Waals surface area contributed by atoms with Gasteiger partial charge >= 0.3 is 0 Å². The van der Waals surface area contributed by atoms with E-state index in [2.05, 4.69) is 0 Å². The Morgan fingerprint density at radius 1 is 1.47 bits per heavy atom. The summed E-state index contributed by atoms with van der Waals surface area (Å²) in [6.45, 7) is 3.74. The highest BCUT2D eigenvalue weighted by Gasteiger charge is 2.17. The van der Waals surface area contributed by atoms with E-state index in [1.54, 1.807) is 12.1 Å². The molecule has 0 atom stereocenters. The molecule has 0 saturated heterocycles. The number of halogens is 1. The van der Waals surface area contributed by atoms with Gasteiger partial charge in [0, 0.05) is 0 Å². The second kappa shape index (κ2) is 5.03. The molecule has 0 aliphatic heterocycles. The Bertz CT molecular complexity index is 374. The van der Waals surface area contributed by atoms with Gasteiger partial charge in [0.25, 0.3) is 0 Å². The van der Waals surface area contributed by atoms with E-state index < -0.39 is 0 Å². The third-order valence-electron chi connectivity index (χ3n) is 1.93. The Morgan fingerprint density at radius 3 is 2.60 bits per heavy atom. The van der Waals surface area contributed by atoms with Crippen LogP contribution < -0.4 is 9.47 Å². The normalized spacial score (nSPS) is 9.87. The van der Waals surface area contributed by atoms with Crippen LogP contribution in [0.15, 0.2) is 12.1 Å². The van der Waals surface area contributed by atoms with Crippen molar-refractivity contribution in [2.75, 3.05) is 13.7 Å². The topological polar surface area (TPSA) is 35.5 Å². The summed E-state index contributed by atoms with van der Waals surface area (Å²) in [5.41, 5.74) is 0.373. The number of Topliss-reactive ketones (excluding diaryl/α,β-unsaturated/α-hetero) is 1. The van der Waals surface area contributed by atoms with Gasteiger partial charge in [0.15, 0.2) is 17.3 Å². The average molecular weight is 229 g/mol. The van der Waals surface area contributed by atoms with Crippen molar-refractivity contribution in [1.82, 2.24) is 0 Å². The van der Waals surface area contributed by atoms with Crippen molar-refractivity contribution in [1.29, 1.82) is 0 Å². The predicted molar refractivity (Wildman–Crippen MR) is 59.2 cm³/mol. The molecule has 3 nitrogen and oxygen atoms in total. The van der Waals surface area contributed by atoms with Crippen LogP contribution in [0.5, 0.6) is 11.5 Å². The molecule has 0 bridgehead atoms. The fourth-order valence-electron chi connectivity index (χ4n) is 1.32. The first-order chi connectivity index (χ1) is 7.11. The SMILES string of the molecule is CCOc1c(OC)ccc(Cl)c1C(C)=O. The number of hydrogen-bond acceptors (Lipinski definition) is 3. The molecule has 0 aliphatic rings. The van der Waals surface area contributed by atoms with Crippen LogP contribution >= 0.6 is 11.6 Å². The lowest BCUT2D eigenvalue weighted by molar-refractivity contribution is 0.101. The first-order valence-electron chi connectivity index (χ1n) is 4.62. The number of benzene rings is 1. The zero-order chi connectivity index (χ0) is 11.4. The summed E-state index contributed by atoms with van der Waals surface area (Å²) in [4.78, 5) is 11.4. The van der Waals surface area contributed by atoms with Crippen LogP contribution in [0.2, 0.25) is 5.02 Å². The summed E-state index contributed by atoms with van der Waals surface area (Å²) in [5, 5.41) is 0.381. The number of carbonyl (C=O) groups excluding carboxylic acids is 1. The van der Waals surface area contributed by atoms with Crippen molar-refractivity contribution >= 4 is 17.4 Å². The number of ether oxygens (including phenoxy) is 2. The molecule has 0 aliphatic carbocycles. The van der Waals surface area contributed by atoms with Crippen molar-refractivity contribution < 1.29 is 14.3 Å². The Balaban J connectivity index is 3.36. The Morgan fingerprint density at radius 2 is 2.13 bits per heavy atom. The maximum atomic E-state index is 11.4. The van der Waals surface area contributed by atoms with Crippen LogP contribution in [0.4, 0.5) is 0 Å². The van der Waals surface area contributed by atoms with E-state index in [9.17, 15) is 4.79 Å². The van der Waals surface area contributed by atoms with E-state index in [-0.39, 0.29) is 5.78 Å². The Kier molecular flexibility index (Phi) is 3.97. The van der Waals surface area contributed by atoms with Crippen molar-refractivity contribution in [3.05, 3.63) is 22.7 Å². The zero-order valence-corrected chi connectivity index (χ0v) is 9.72. The molecule has 0 spiro atoms. The third kappa shape index (κ3) is 2.42. The van der Waals surface area contributed by atoms with E-state index in [0.29, 0.717) is 28.7 Å². The van der Waals surface area contributed by atoms with Gasteiger partial charge in [0.1, 0.15) is 0 Å². The summed E-state index contributed by atoms with van der Waals surface area (Å²) in [7, 11) is 1.52. The molecule has 15 heavy (non-hydrogen) atoms. The molecule has 0 N–H and O–H groups in total. The standard InChI is InChI=1S/C11H13ClO3/c1-4-15-11-9(14-3)6-5-8(12)10(11)7(2)13/h5-6H,4H2,1-3H3. The van der Waals surface area contributed by atoms with E-state index in [4.69, 9.17) is 21.1 Å². The second-order valence-electron chi connectivity index (χ2n) is 2.94. The molecule has 0 fully saturated rings. The summed E-state index contributed by atoms with van der Waals surface area (Å²) in [6.07, 6.45) is 0. The Labute approximate surface area is 93.9 Å². The zero-order valence-electron chi connectivity index (χ0n) is 8.96. The lowest BCUT2D eigenvalue weighted by atomic mass is 10.1. The predicted octanol–water partition coefficient (Wildman–Crippen LogP) is 2.95. The summed E-state index contributed by atoms with van der Waals surface area (Å²) in [5.74, 6) is 0.800. The van der Waals surface area contributed by atoms with Gasteiger partial charge in [-0.2, -0.15) is 0 Å². The number of hydrogen-bond donors (Lipinski definition) is 0. The van der Waals surface area contributed by atoms with Crippen LogP contribution in [0.3, 0.4) is 0 Å². The minimum atomic E-state index is -0.137. The number of carbonyl (C=O) groups is 1. The third-order valence-corrected chi connectivity index (χ3v) is 2.25. The quantitative estimate of drug-likeness (QED) is 0.744. The van der Waals surface area contributed by atoms with Gasteiger partial charge in [-0.25, -0.2) is 0 Å². The largest absolute Gasteiger partial charge is 0.493 e. The molecule has 82 valence electrons. The smallest absolute Gasteiger partial charge is 0.173 e. The molecule has 1 rings (SSSR count). The Hall–Kier alpha value is -1.22. The van der Waals surface area contributed by atoms with Crippen molar-refractivity contribution in [2.24, 2.45) is 0 Å². The fourth-order valence-corrected chi connectivity index (χ4v) is 1.60. The molecule has 0 unspecified atom stereocenters. The molecule has 0 aromatic heterocycles. The van der Waals surface area contributed by atoms with Crippen LogP contribution in [0.25, 0.3) is 0 Å². The van der Waals surface area contributed by atoms with Crippen molar-refractivity contribution in [2.45, 2.75) is 13.8 Å². The van der Waals surface area contributed by atoms with Gasteiger partial charge in [-0.15, -0.1) is 0 Å². The number of methoxy groups -OCH3 is 1. The van der Waals surface area contributed by atoms with Gasteiger partial charge in [-0.1, -0.05) is 11.6 Å². The molecule has 0 amide bonds. The van der Waals surface area contributed by atoms with Gasteiger partial charge in [0.2, 0.25) is 0 Å². The van der Waals surface area contributed by atoms with E-state index in [0.717, 1.165) is 0 Å². The van der Waals surface area contributed by atoms with Crippen LogP contribution in [-0.2, 0) is 0 Å². The highest BCUT2D eigenvalue weighted by Crippen LogP contribution is 2.36. The molecule has 0 heterocycles. The van der Waals surface area contributed by atoms with Crippen molar-refractivity contribution in [3.8, 4) is 11.5 Å².